The van der Waals surface area contributed by atoms with Crippen LogP contribution in [0.25, 0.3) is 5.69 Å². The van der Waals surface area contributed by atoms with Gasteiger partial charge in [-0.2, -0.15) is 13.2 Å². The van der Waals surface area contributed by atoms with E-state index in [-0.39, 0.29) is 38.9 Å². The van der Waals surface area contributed by atoms with Crippen molar-refractivity contribution in [2.75, 3.05) is 19.5 Å². The summed E-state index contributed by atoms with van der Waals surface area (Å²) in [5.74, 6) is -0.710. The number of carbonyl (C=O) groups excluding carboxylic acids is 1. The van der Waals surface area contributed by atoms with Crippen LogP contribution in [0.5, 0.6) is 5.75 Å². The first-order chi connectivity index (χ1) is 14.5. The number of aromatic nitrogens is 2. The quantitative estimate of drug-likeness (QED) is 0.369. The zero-order valence-electron chi connectivity index (χ0n) is 16.0. The first-order valence-corrected chi connectivity index (χ1v) is 9.81. The molecule has 0 unspecified atom stereocenters. The fraction of sp³-hybridized carbons (Fsp3) is 0.278. The van der Waals surface area contributed by atoms with Crippen molar-refractivity contribution < 1.29 is 31.8 Å². The van der Waals surface area contributed by atoms with E-state index in [2.05, 4.69) is 0 Å². The number of ether oxygens (including phenoxy) is 2. The van der Waals surface area contributed by atoms with Crippen LogP contribution in [-0.2, 0) is 15.7 Å². The number of nitrogens with one attached hydrogen (secondary N) is 1. The molecule has 0 saturated heterocycles. The van der Waals surface area contributed by atoms with Crippen LogP contribution >= 0.6 is 23.4 Å². The van der Waals surface area contributed by atoms with Gasteiger partial charge in [0.15, 0.2) is 0 Å². The van der Waals surface area contributed by atoms with Gasteiger partial charge in [0, 0.05) is 18.2 Å². The molecule has 2 aromatic rings. The Morgan fingerprint density at radius 1 is 1.29 bits per heavy atom. The first kappa shape index (κ1) is 24.5. The standard InChI is InChI=1S/C18H15ClF4N2O5S/c1-3-31-16(27)4-9(29-2)8-30-13-6-12(11(20)5-10(13)19)25-15(26)7-14(18(21,22)23)24-17(25)28/h4-7H,3,8H2,1-2H3,(H,24,28). The fourth-order valence-corrected chi connectivity index (χ4v) is 3.00. The van der Waals surface area contributed by atoms with Crippen molar-refractivity contribution in [3.63, 3.8) is 0 Å². The van der Waals surface area contributed by atoms with Gasteiger partial charge in [0.2, 0.25) is 5.12 Å². The molecule has 31 heavy (non-hydrogen) atoms. The molecule has 13 heteroatoms. The van der Waals surface area contributed by atoms with E-state index >= 15 is 0 Å². The van der Waals surface area contributed by atoms with Gasteiger partial charge in [0.1, 0.15) is 29.6 Å². The number of aromatic amines is 1. The molecule has 168 valence electrons. The molecule has 0 spiro atoms. The summed E-state index contributed by atoms with van der Waals surface area (Å²) in [6, 6.07) is 1.72. The highest BCUT2D eigenvalue weighted by atomic mass is 35.5. The van der Waals surface area contributed by atoms with Gasteiger partial charge < -0.3 is 14.5 Å². The topological polar surface area (TPSA) is 90.4 Å². The third kappa shape index (κ3) is 6.14. The van der Waals surface area contributed by atoms with Gasteiger partial charge in [-0.25, -0.2) is 13.8 Å². The number of thioether (sulfide) groups is 1. The van der Waals surface area contributed by atoms with Crippen molar-refractivity contribution >= 4 is 28.5 Å². The maximum atomic E-state index is 14.4. The summed E-state index contributed by atoms with van der Waals surface area (Å²) in [6.07, 6.45) is -3.79. The number of rotatable bonds is 7. The van der Waals surface area contributed by atoms with E-state index in [0.717, 1.165) is 23.9 Å². The lowest BCUT2D eigenvalue weighted by Crippen LogP contribution is -2.36. The van der Waals surface area contributed by atoms with Crippen molar-refractivity contribution in [3.05, 3.63) is 67.4 Å². The number of methoxy groups -OCH3 is 1. The van der Waals surface area contributed by atoms with Crippen LogP contribution in [0.4, 0.5) is 17.6 Å². The molecular formula is C18H15ClF4N2O5S. The van der Waals surface area contributed by atoms with Crippen molar-refractivity contribution in [3.8, 4) is 11.4 Å². The lowest BCUT2D eigenvalue weighted by atomic mass is 10.2. The van der Waals surface area contributed by atoms with E-state index in [1.54, 1.807) is 6.92 Å². The van der Waals surface area contributed by atoms with Crippen LogP contribution in [0, 0.1) is 5.82 Å². The molecular weight excluding hydrogens is 468 g/mol. The Balaban J connectivity index is 2.44. The smallest absolute Gasteiger partial charge is 0.431 e. The molecule has 0 atom stereocenters. The molecule has 0 amide bonds. The summed E-state index contributed by atoms with van der Waals surface area (Å²) < 4.78 is 63.2. The zero-order valence-corrected chi connectivity index (χ0v) is 17.6. The van der Waals surface area contributed by atoms with Crippen molar-refractivity contribution in [1.82, 2.24) is 9.55 Å². The van der Waals surface area contributed by atoms with Crippen molar-refractivity contribution in [1.29, 1.82) is 0 Å². The third-order valence-electron chi connectivity index (χ3n) is 3.68. The fourth-order valence-electron chi connectivity index (χ4n) is 2.30. The lowest BCUT2D eigenvalue weighted by molar-refractivity contribution is -0.141. The number of benzene rings is 1. The highest BCUT2D eigenvalue weighted by molar-refractivity contribution is 8.14. The molecule has 1 N–H and O–H groups in total. The Labute approximate surface area is 181 Å². The number of carbonyl (C=O) groups is 1. The second-order valence-corrected chi connectivity index (χ2v) is 7.42. The number of nitrogens with zero attached hydrogens (tertiary/aromatic N) is 1. The molecule has 0 saturated carbocycles. The van der Waals surface area contributed by atoms with Gasteiger partial charge in [-0.05, 0) is 11.8 Å². The second-order valence-electron chi connectivity index (χ2n) is 5.75. The largest absolute Gasteiger partial charge is 0.497 e. The van der Waals surface area contributed by atoms with Crippen LogP contribution in [0.2, 0.25) is 5.02 Å². The van der Waals surface area contributed by atoms with Crippen LogP contribution in [0.3, 0.4) is 0 Å². The Hall–Kier alpha value is -2.73. The molecule has 0 fully saturated rings. The summed E-state index contributed by atoms with van der Waals surface area (Å²) in [6.45, 7) is 1.47. The number of hydrogen-bond acceptors (Lipinski definition) is 6. The number of H-pyrrole nitrogens is 1. The Bertz CT molecular complexity index is 1100. The zero-order chi connectivity index (χ0) is 23.3. The van der Waals surface area contributed by atoms with E-state index < -0.39 is 34.6 Å². The highest BCUT2D eigenvalue weighted by Crippen LogP contribution is 2.30. The van der Waals surface area contributed by atoms with Gasteiger partial charge >= 0.3 is 11.9 Å². The predicted molar refractivity (Wildman–Crippen MR) is 106 cm³/mol. The van der Waals surface area contributed by atoms with E-state index in [9.17, 15) is 31.9 Å². The van der Waals surface area contributed by atoms with Gasteiger partial charge in [0.25, 0.3) is 5.56 Å². The predicted octanol–water partition coefficient (Wildman–Crippen LogP) is 3.53. The molecule has 0 aliphatic carbocycles. The first-order valence-electron chi connectivity index (χ1n) is 8.45. The van der Waals surface area contributed by atoms with Crippen LogP contribution in [0.15, 0.2) is 39.6 Å². The molecule has 0 radical (unpaired) electrons. The minimum absolute atomic E-state index is 0.109. The van der Waals surface area contributed by atoms with Crippen molar-refractivity contribution in [2.24, 2.45) is 0 Å². The molecule has 1 heterocycles. The van der Waals surface area contributed by atoms with E-state index in [0.29, 0.717) is 5.75 Å². The minimum Gasteiger partial charge on any atom is -0.497 e. The van der Waals surface area contributed by atoms with E-state index in [1.165, 1.54) is 18.2 Å². The SMILES string of the molecule is CCSC(=O)C=C(COc1cc(-n2c(=O)cc(C(F)(F)F)[nH]c2=O)c(F)cc1Cl)OC. The Morgan fingerprint density at radius 3 is 2.52 bits per heavy atom. The second kappa shape index (κ2) is 10.1. The van der Waals surface area contributed by atoms with E-state index in [4.69, 9.17) is 21.1 Å². The molecule has 1 aromatic heterocycles. The molecule has 1 aromatic carbocycles. The molecule has 0 aliphatic heterocycles. The van der Waals surface area contributed by atoms with Crippen LogP contribution in [-0.4, -0.2) is 34.1 Å². The third-order valence-corrected chi connectivity index (χ3v) is 4.66. The maximum absolute atomic E-state index is 14.4. The molecule has 2 rings (SSSR count). The average molecular weight is 483 g/mol. The molecule has 7 nitrogen and oxygen atoms in total. The average Bonchev–Trinajstić information content (AvgIpc) is 2.66. The molecule has 0 aliphatic rings. The summed E-state index contributed by atoms with van der Waals surface area (Å²) >= 11 is 6.94. The number of hydrogen-bond donors (Lipinski definition) is 1. The van der Waals surface area contributed by atoms with Crippen LogP contribution in [0.1, 0.15) is 12.6 Å². The number of alkyl halides is 3. The normalized spacial score (nSPS) is 12.0. The summed E-state index contributed by atoms with van der Waals surface area (Å²) in [4.78, 5) is 37.3. The van der Waals surface area contributed by atoms with Gasteiger partial charge in [-0.15, -0.1) is 0 Å². The summed E-state index contributed by atoms with van der Waals surface area (Å²) in [7, 11) is 1.29. The molecule has 0 bridgehead atoms. The Morgan fingerprint density at radius 2 is 1.97 bits per heavy atom. The van der Waals surface area contributed by atoms with Crippen LogP contribution < -0.4 is 16.0 Å². The maximum Gasteiger partial charge on any atom is 0.431 e. The van der Waals surface area contributed by atoms with Gasteiger partial charge in [-0.3, -0.25) is 9.59 Å². The summed E-state index contributed by atoms with van der Waals surface area (Å²) in [5, 5.41) is -0.543. The Kier molecular flexibility index (Phi) is 7.96. The highest BCUT2D eigenvalue weighted by Gasteiger charge is 2.33. The van der Waals surface area contributed by atoms with Crippen molar-refractivity contribution in [2.45, 2.75) is 13.1 Å². The van der Waals surface area contributed by atoms with E-state index in [1.807, 2.05) is 0 Å². The minimum atomic E-state index is -4.97. The lowest BCUT2D eigenvalue weighted by Gasteiger charge is -2.14. The summed E-state index contributed by atoms with van der Waals surface area (Å²) in [5.41, 5.74) is -5.18. The van der Waals surface area contributed by atoms with Gasteiger partial charge in [-0.1, -0.05) is 30.3 Å². The monoisotopic (exact) mass is 482 g/mol. The van der Waals surface area contributed by atoms with Gasteiger partial charge in [0.05, 0.1) is 17.8 Å². The number of halogens is 5.